The molecular formula is C18H14FN5O3. The van der Waals surface area contributed by atoms with Crippen molar-refractivity contribution in [1.29, 1.82) is 0 Å². The van der Waals surface area contributed by atoms with E-state index >= 15 is 0 Å². The maximum atomic E-state index is 12.9. The van der Waals surface area contributed by atoms with Crippen molar-refractivity contribution in [2.24, 2.45) is 0 Å². The van der Waals surface area contributed by atoms with Gasteiger partial charge in [0.15, 0.2) is 5.76 Å². The third-order valence-electron chi connectivity index (χ3n) is 3.96. The highest BCUT2D eigenvalue weighted by Crippen LogP contribution is 2.18. The molecule has 1 aromatic carbocycles. The number of carbonyl (C=O) groups is 1. The average molecular weight is 367 g/mol. The zero-order valence-corrected chi connectivity index (χ0v) is 14.0. The van der Waals surface area contributed by atoms with E-state index in [1.807, 2.05) is 0 Å². The highest BCUT2D eigenvalue weighted by Gasteiger charge is 2.13. The zero-order valence-electron chi connectivity index (χ0n) is 14.0. The Kier molecular flexibility index (Phi) is 4.25. The Labute approximate surface area is 151 Å². The number of carbonyl (C=O) groups excluding carboxylic acids is 1. The number of furan rings is 1. The molecule has 0 bridgehead atoms. The first kappa shape index (κ1) is 16.7. The van der Waals surface area contributed by atoms with Gasteiger partial charge in [0.1, 0.15) is 29.9 Å². The molecule has 8 nitrogen and oxygen atoms in total. The second kappa shape index (κ2) is 6.87. The second-order valence-corrected chi connectivity index (χ2v) is 5.83. The second-order valence-electron chi connectivity index (χ2n) is 5.83. The zero-order chi connectivity index (χ0) is 18.8. The SMILES string of the molecule is O=C(Cn1ncn2nc(-c3ccco3)cc2c1=O)NCc1ccc(F)cc1. The summed E-state index contributed by atoms with van der Waals surface area (Å²) in [5, 5.41) is 10.9. The number of hydrogen-bond acceptors (Lipinski definition) is 5. The first-order valence-electron chi connectivity index (χ1n) is 8.11. The number of benzene rings is 1. The lowest BCUT2D eigenvalue weighted by Crippen LogP contribution is -2.34. The lowest BCUT2D eigenvalue weighted by atomic mass is 10.2. The Morgan fingerprint density at radius 2 is 2.04 bits per heavy atom. The summed E-state index contributed by atoms with van der Waals surface area (Å²) in [5.74, 6) is -0.199. The fraction of sp³-hybridized carbons (Fsp3) is 0.111. The molecule has 3 heterocycles. The molecule has 1 amide bonds. The summed E-state index contributed by atoms with van der Waals surface area (Å²) in [4.78, 5) is 24.7. The first-order chi connectivity index (χ1) is 13.1. The Morgan fingerprint density at radius 3 is 2.78 bits per heavy atom. The molecule has 136 valence electrons. The van der Waals surface area contributed by atoms with Gasteiger partial charge < -0.3 is 9.73 Å². The van der Waals surface area contributed by atoms with E-state index in [1.165, 1.54) is 29.2 Å². The van der Waals surface area contributed by atoms with Gasteiger partial charge in [0.25, 0.3) is 5.56 Å². The fourth-order valence-electron chi connectivity index (χ4n) is 2.59. The smallest absolute Gasteiger partial charge is 0.293 e. The fourth-order valence-corrected chi connectivity index (χ4v) is 2.59. The van der Waals surface area contributed by atoms with Crippen LogP contribution in [0.4, 0.5) is 4.39 Å². The first-order valence-corrected chi connectivity index (χ1v) is 8.11. The Bertz CT molecular complexity index is 1150. The summed E-state index contributed by atoms with van der Waals surface area (Å²) in [6.07, 6.45) is 2.87. The minimum Gasteiger partial charge on any atom is -0.463 e. The van der Waals surface area contributed by atoms with Gasteiger partial charge in [-0.3, -0.25) is 9.59 Å². The van der Waals surface area contributed by atoms with Crippen LogP contribution >= 0.6 is 0 Å². The summed E-state index contributed by atoms with van der Waals surface area (Å²) >= 11 is 0. The molecule has 1 N–H and O–H groups in total. The molecular weight excluding hydrogens is 353 g/mol. The van der Waals surface area contributed by atoms with E-state index in [0.717, 1.165) is 10.2 Å². The van der Waals surface area contributed by atoms with E-state index in [4.69, 9.17) is 4.42 Å². The number of hydrogen-bond donors (Lipinski definition) is 1. The molecule has 0 spiro atoms. The highest BCUT2D eigenvalue weighted by atomic mass is 19.1. The average Bonchev–Trinajstić information content (AvgIpc) is 3.33. The molecule has 0 fully saturated rings. The van der Waals surface area contributed by atoms with E-state index in [1.54, 1.807) is 30.3 Å². The van der Waals surface area contributed by atoms with Crippen LogP contribution in [0.15, 0.2) is 64.3 Å². The number of aromatic nitrogens is 4. The van der Waals surface area contributed by atoms with Gasteiger partial charge >= 0.3 is 0 Å². The van der Waals surface area contributed by atoms with Crippen LogP contribution in [0.5, 0.6) is 0 Å². The molecule has 0 aliphatic heterocycles. The predicted octanol–water partition coefficient (Wildman–Crippen LogP) is 1.61. The summed E-state index contributed by atoms with van der Waals surface area (Å²) in [6, 6.07) is 10.8. The number of halogens is 1. The lowest BCUT2D eigenvalue weighted by Gasteiger charge is -2.07. The summed E-state index contributed by atoms with van der Waals surface area (Å²) in [7, 11) is 0. The van der Waals surface area contributed by atoms with E-state index in [2.05, 4.69) is 15.5 Å². The third-order valence-corrected chi connectivity index (χ3v) is 3.96. The van der Waals surface area contributed by atoms with E-state index in [0.29, 0.717) is 11.5 Å². The van der Waals surface area contributed by atoms with Crippen LogP contribution < -0.4 is 10.9 Å². The van der Waals surface area contributed by atoms with Crippen molar-refractivity contribution >= 4 is 11.4 Å². The van der Waals surface area contributed by atoms with Gasteiger partial charge in [0.05, 0.1) is 6.26 Å². The number of nitrogens with zero attached hydrogens (tertiary/aromatic N) is 4. The molecule has 0 aliphatic rings. The van der Waals surface area contributed by atoms with Crippen LogP contribution in [0.25, 0.3) is 17.0 Å². The summed E-state index contributed by atoms with van der Waals surface area (Å²) in [5.41, 5.74) is 1.08. The Hall–Kier alpha value is -3.75. The normalized spacial score (nSPS) is 11.0. The highest BCUT2D eigenvalue weighted by molar-refractivity contribution is 5.75. The maximum Gasteiger partial charge on any atom is 0.293 e. The number of rotatable bonds is 5. The van der Waals surface area contributed by atoms with Crippen molar-refractivity contribution in [2.75, 3.05) is 0 Å². The molecule has 4 rings (SSSR count). The molecule has 4 aromatic rings. The monoisotopic (exact) mass is 367 g/mol. The lowest BCUT2D eigenvalue weighted by molar-refractivity contribution is -0.122. The van der Waals surface area contributed by atoms with E-state index in [-0.39, 0.29) is 30.3 Å². The van der Waals surface area contributed by atoms with Crippen LogP contribution in [0.3, 0.4) is 0 Å². The quantitative estimate of drug-likeness (QED) is 0.578. The van der Waals surface area contributed by atoms with Crippen molar-refractivity contribution in [3.8, 4) is 11.5 Å². The van der Waals surface area contributed by atoms with Gasteiger partial charge in [-0.05, 0) is 29.8 Å². The number of amides is 1. The third kappa shape index (κ3) is 3.47. The van der Waals surface area contributed by atoms with Crippen molar-refractivity contribution < 1.29 is 13.6 Å². The molecule has 0 saturated carbocycles. The summed E-state index contributed by atoms with van der Waals surface area (Å²) in [6.45, 7) is -0.0107. The van der Waals surface area contributed by atoms with Crippen molar-refractivity contribution in [3.05, 3.63) is 76.8 Å². The molecule has 27 heavy (non-hydrogen) atoms. The van der Waals surface area contributed by atoms with Crippen LogP contribution in [-0.2, 0) is 17.9 Å². The number of fused-ring (bicyclic) bond motifs is 1. The van der Waals surface area contributed by atoms with E-state index in [9.17, 15) is 14.0 Å². The van der Waals surface area contributed by atoms with Gasteiger partial charge in [-0.15, -0.1) is 0 Å². The molecule has 3 aromatic heterocycles. The molecule has 0 unspecified atom stereocenters. The Morgan fingerprint density at radius 1 is 1.22 bits per heavy atom. The van der Waals surface area contributed by atoms with Gasteiger partial charge in [-0.25, -0.2) is 13.6 Å². The van der Waals surface area contributed by atoms with Crippen LogP contribution in [0.1, 0.15) is 5.56 Å². The Balaban J connectivity index is 1.50. The van der Waals surface area contributed by atoms with Crippen LogP contribution in [0, 0.1) is 5.82 Å². The van der Waals surface area contributed by atoms with Crippen molar-refractivity contribution in [2.45, 2.75) is 13.1 Å². The summed E-state index contributed by atoms with van der Waals surface area (Å²) < 4.78 is 20.6. The number of nitrogens with one attached hydrogen (secondary N) is 1. The van der Waals surface area contributed by atoms with Crippen molar-refractivity contribution in [1.82, 2.24) is 24.7 Å². The van der Waals surface area contributed by atoms with Gasteiger partial charge in [0, 0.05) is 12.6 Å². The topological polar surface area (TPSA) is 94.4 Å². The molecule has 0 radical (unpaired) electrons. The standard InChI is InChI=1S/C18H14FN5O3/c19-13-5-3-12(4-6-13)9-20-17(25)10-23-18(26)15-8-14(16-2-1-7-27-16)22-24(15)11-21-23/h1-8,11H,9-10H2,(H,20,25). The van der Waals surface area contributed by atoms with Crippen molar-refractivity contribution in [3.63, 3.8) is 0 Å². The van der Waals surface area contributed by atoms with E-state index < -0.39 is 5.56 Å². The van der Waals surface area contributed by atoms with Crippen LogP contribution in [-0.4, -0.2) is 25.3 Å². The molecule has 0 saturated heterocycles. The van der Waals surface area contributed by atoms with Gasteiger partial charge in [-0.1, -0.05) is 12.1 Å². The molecule has 0 atom stereocenters. The van der Waals surface area contributed by atoms with Crippen LogP contribution in [0.2, 0.25) is 0 Å². The largest absolute Gasteiger partial charge is 0.463 e. The minimum atomic E-state index is -0.445. The van der Waals surface area contributed by atoms with Gasteiger partial charge in [-0.2, -0.15) is 10.2 Å². The molecule has 9 heteroatoms. The molecule has 0 aliphatic carbocycles. The predicted molar refractivity (Wildman–Crippen MR) is 93.2 cm³/mol. The minimum absolute atomic E-state index is 0.228. The van der Waals surface area contributed by atoms with Gasteiger partial charge in [0.2, 0.25) is 5.91 Å². The maximum absolute atomic E-state index is 12.9.